The topological polar surface area (TPSA) is 83.6 Å². The maximum absolute atomic E-state index is 12.8. The van der Waals surface area contributed by atoms with Crippen LogP contribution in [-0.4, -0.2) is 58.1 Å². The van der Waals surface area contributed by atoms with Crippen LogP contribution in [0.3, 0.4) is 0 Å². The first kappa shape index (κ1) is 24.8. The molecule has 0 spiro atoms. The van der Waals surface area contributed by atoms with Crippen molar-refractivity contribution < 1.29 is 13.2 Å². The number of aromatic nitrogens is 1. The SMILES string of the molecule is COc1ccc(CNC2CCN(C)CC2)cc1-c1ccc(S(=O)(=O)NCCc2ccccn2)s1. The fourth-order valence-electron chi connectivity index (χ4n) is 4.07. The van der Waals surface area contributed by atoms with Gasteiger partial charge in [-0.15, -0.1) is 11.3 Å². The van der Waals surface area contributed by atoms with Crippen molar-refractivity contribution in [2.45, 2.75) is 36.1 Å². The van der Waals surface area contributed by atoms with Gasteiger partial charge in [0.15, 0.2) is 0 Å². The number of nitrogens with one attached hydrogen (secondary N) is 2. The van der Waals surface area contributed by atoms with Gasteiger partial charge in [-0.25, -0.2) is 13.1 Å². The van der Waals surface area contributed by atoms with Gasteiger partial charge in [0.05, 0.1) is 7.11 Å². The summed E-state index contributed by atoms with van der Waals surface area (Å²) in [7, 11) is 0.210. The maximum Gasteiger partial charge on any atom is 0.250 e. The summed E-state index contributed by atoms with van der Waals surface area (Å²) in [6, 6.07) is 15.8. The van der Waals surface area contributed by atoms with Gasteiger partial charge in [-0.1, -0.05) is 12.1 Å². The summed E-state index contributed by atoms with van der Waals surface area (Å²) in [5.74, 6) is 0.733. The molecule has 0 aliphatic carbocycles. The Morgan fingerprint density at radius 2 is 1.97 bits per heavy atom. The number of rotatable bonds is 10. The number of nitrogens with zero attached hydrogens (tertiary/aromatic N) is 2. The van der Waals surface area contributed by atoms with E-state index >= 15 is 0 Å². The maximum atomic E-state index is 12.8. The summed E-state index contributed by atoms with van der Waals surface area (Å²) < 4.78 is 34.2. The molecule has 34 heavy (non-hydrogen) atoms. The molecule has 0 radical (unpaired) electrons. The molecule has 1 saturated heterocycles. The van der Waals surface area contributed by atoms with Crippen molar-refractivity contribution in [3.8, 4) is 16.2 Å². The van der Waals surface area contributed by atoms with Crippen LogP contribution in [0.1, 0.15) is 24.1 Å². The van der Waals surface area contributed by atoms with Crippen LogP contribution < -0.4 is 14.8 Å². The number of benzene rings is 1. The second-order valence-corrected chi connectivity index (χ2v) is 11.7. The molecule has 3 heterocycles. The summed E-state index contributed by atoms with van der Waals surface area (Å²) in [5, 5.41) is 3.67. The molecular weight excluding hydrogens is 468 g/mol. The van der Waals surface area contributed by atoms with Crippen molar-refractivity contribution >= 4 is 21.4 Å². The quantitative estimate of drug-likeness (QED) is 0.443. The highest BCUT2D eigenvalue weighted by molar-refractivity contribution is 7.91. The lowest BCUT2D eigenvalue weighted by Gasteiger charge is -2.29. The van der Waals surface area contributed by atoms with Gasteiger partial charge in [0.2, 0.25) is 10.0 Å². The molecule has 3 aromatic rings. The van der Waals surface area contributed by atoms with Crippen molar-refractivity contribution in [2.24, 2.45) is 0 Å². The van der Waals surface area contributed by atoms with Gasteiger partial charge in [-0.2, -0.15) is 0 Å². The van der Waals surface area contributed by atoms with Crippen LogP contribution in [-0.2, 0) is 23.0 Å². The van der Waals surface area contributed by atoms with E-state index in [4.69, 9.17) is 4.74 Å². The number of piperidine rings is 1. The second kappa shape index (κ2) is 11.4. The number of sulfonamides is 1. The molecule has 0 unspecified atom stereocenters. The first-order valence-electron chi connectivity index (χ1n) is 11.5. The van der Waals surface area contributed by atoms with Crippen LogP contribution in [0.5, 0.6) is 5.75 Å². The lowest BCUT2D eigenvalue weighted by molar-refractivity contribution is 0.234. The number of ether oxygens (including phenoxy) is 1. The first-order valence-corrected chi connectivity index (χ1v) is 13.8. The monoisotopic (exact) mass is 500 g/mol. The average Bonchev–Trinajstić information content (AvgIpc) is 3.35. The Morgan fingerprint density at radius 3 is 2.71 bits per heavy atom. The first-order chi connectivity index (χ1) is 16.4. The van der Waals surface area contributed by atoms with Crippen molar-refractivity contribution in [1.82, 2.24) is 19.9 Å². The van der Waals surface area contributed by atoms with Gasteiger partial charge < -0.3 is 15.0 Å². The number of hydrogen-bond donors (Lipinski definition) is 2. The second-order valence-electron chi connectivity index (χ2n) is 8.58. The van der Waals surface area contributed by atoms with E-state index in [9.17, 15) is 8.42 Å². The minimum Gasteiger partial charge on any atom is -0.496 e. The van der Waals surface area contributed by atoms with Gasteiger partial charge >= 0.3 is 0 Å². The lowest BCUT2D eigenvalue weighted by Crippen LogP contribution is -2.40. The van der Waals surface area contributed by atoms with Crippen molar-refractivity contribution in [2.75, 3.05) is 33.8 Å². The van der Waals surface area contributed by atoms with Gasteiger partial charge in [0.25, 0.3) is 0 Å². The van der Waals surface area contributed by atoms with Crippen LogP contribution >= 0.6 is 11.3 Å². The number of likely N-dealkylation sites (tertiary alicyclic amines) is 1. The molecule has 2 aromatic heterocycles. The largest absolute Gasteiger partial charge is 0.496 e. The Labute approximate surface area is 206 Å². The molecule has 1 aliphatic rings. The van der Waals surface area contributed by atoms with Crippen LogP contribution in [0.15, 0.2) is 58.9 Å². The summed E-state index contributed by atoms with van der Waals surface area (Å²) in [5.41, 5.74) is 2.92. The normalized spacial score (nSPS) is 15.5. The summed E-state index contributed by atoms with van der Waals surface area (Å²) in [6.45, 7) is 3.31. The molecule has 1 aromatic carbocycles. The Bertz CT molecular complexity index is 1170. The zero-order chi connectivity index (χ0) is 24.0. The van der Waals surface area contributed by atoms with E-state index in [1.807, 2.05) is 30.3 Å². The highest BCUT2D eigenvalue weighted by Crippen LogP contribution is 2.37. The number of hydrogen-bond acceptors (Lipinski definition) is 7. The molecule has 2 N–H and O–H groups in total. The predicted molar refractivity (Wildman–Crippen MR) is 137 cm³/mol. The van der Waals surface area contributed by atoms with E-state index in [0.717, 1.165) is 59.9 Å². The van der Waals surface area contributed by atoms with E-state index in [2.05, 4.69) is 39.1 Å². The van der Waals surface area contributed by atoms with Gasteiger partial charge in [-0.05, 0) is 74.9 Å². The van der Waals surface area contributed by atoms with Gasteiger partial charge in [0.1, 0.15) is 9.96 Å². The Morgan fingerprint density at radius 1 is 1.15 bits per heavy atom. The van der Waals surface area contributed by atoms with Gasteiger partial charge in [-0.3, -0.25) is 4.98 Å². The number of methoxy groups -OCH3 is 1. The number of pyridine rings is 1. The highest BCUT2D eigenvalue weighted by atomic mass is 32.2. The van der Waals surface area contributed by atoms with E-state index < -0.39 is 10.0 Å². The molecule has 1 aliphatic heterocycles. The standard InChI is InChI=1S/C25H32N4O3S2/c1-29-15-11-21(12-16-29)27-18-19-6-7-23(32-2)22(17-19)24-8-9-25(33-24)34(30,31)28-14-10-20-5-3-4-13-26-20/h3-9,13,17,21,27-28H,10-12,14-16,18H2,1-2H3. The Kier molecular flexibility index (Phi) is 8.33. The van der Waals surface area contributed by atoms with Gasteiger partial charge in [0, 0.05) is 47.9 Å². The van der Waals surface area contributed by atoms with E-state index in [1.165, 1.54) is 11.3 Å². The molecule has 4 rings (SSSR count). The Balaban J connectivity index is 1.43. The van der Waals surface area contributed by atoms with Crippen LogP contribution in [0.2, 0.25) is 0 Å². The highest BCUT2D eigenvalue weighted by Gasteiger charge is 2.19. The fraction of sp³-hybridized carbons (Fsp3) is 0.400. The zero-order valence-corrected chi connectivity index (χ0v) is 21.3. The lowest BCUT2D eigenvalue weighted by atomic mass is 10.0. The van der Waals surface area contributed by atoms with Crippen molar-refractivity contribution in [3.05, 3.63) is 66.0 Å². The van der Waals surface area contributed by atoms with Crippen LogP contribution in [0.4, 0.5) is 0 Å². The molecule has 0 saturated carbocycles. The third-order valence-corrected chi connectivity index (χ3v) is 9.16. The Hall–Kier alpha value is -2.30. The molecule has 182 valence electrons. The number of thiophene rings is 1. The average molecular weight is 501 g/mol. The van der Waals surface area contributed by atoms with Crippen LogP contribution in [0.25, 0.3) is 10.4 Å². The van der Waals surface area contributed by atoms with E-state index in [-0.39, 0.29) is 0 Å². The van der Waals surface area contributed by atoms with Crippen molar-refractivity contribution in [1.29, 1.82) is 0 Å². The third kappa shape index (κ3) is 6.43. The summed E-state index contributed by atoms with van der Waals surface area (Å²) in [6.07, 6.45) is 4.55. The molecule has 9 heteroatoms. The predicted octanol–water partition coefficient (Wildman–Crippen LogP) is 3.52. The van der Waals surface area contributed by atoms with E-state index in [0.29, 0.717) is 23.2 Å². The van der Waals surface area contributed by atoms with Crippen molar-refractivity contribution in [3.63, 3.8) is 0 Å². The molecule has 0 atom stereocenters. The third-order valence-electron chi connectivity index (χ3n) is 6.09. The van der Waals surface area contributed by atoms with Crippen LogP contribution in [0, 0.1) is 0 Å². The summed E-state index contributed by atoms with van der Waals surface area (Å²) in [4.78, 5) is 7.46. The summed E-state index contributed by atoms with van der Waals surface area (Å²) >= 11 is 1.25. The minimum atomic E-state index is -3.59. The molecule has 0 bridgehead atoms. The fourth-order valence-corrected chi connectivity index (χ4v) is 6.48. The molecule has 0 amide bonds. The smallest absolute Gasteiger partial charge is 0.250 e. The zero-order valence-electron chi connectivity index (χ0n) is 19.7. The van der Waals surface area contributed by atoms with E-state index in [1.54, 1.807) is 19.4 Å². The minimum absolute atomic E-state index is 0.292. The molecular formula is C25H32N4O3S2. The molecule has 1 fully saturated rings. The molecule has 7 nitrogen and oxygen atoms in total.